The van der Waals surface area contributed by atoms with Gasteiger partial charge in [-0.15, -0.1) is 0 Å². The summed E-state index contributed by atoms with van der Waals surface area (Å²) in [5.41, 5.74) is 3.72. The van der Waals surface area contributed by atoms with Gasteiger partial charge >= 0.3 is 0 Å². The molecule has 0 radical (unpaired) electrons. The normalized spacial score (nSPS) is 10.2. The SMILES string of the molecule is CNc1cccc(N(C)c2ccc(C)cc2C)n1. The van der Waals surface area contributed by atoms with Crippen molar-refractivity contribution in [1.29, 1.82) is 0 Å². The Bertz CT molecular complexity index is 549. The second kappa shape index (κ2) is 5.08. The predicted molar refractivity (Wildman–Crippen MR) is 77.8 cm³/mol. The van der Waals surface area contributed by atoms with Gasteiger partial charge in [-0.2, -0.15) is 0 Å². The molecule has 0 aliphatic rings. The number of aromatic nitrogens is 1. The number of nitrogens with zero attached hydrogens (tertiary/aromatic N) is 2. The molecule has 2 aromatic rings. The van der Waals surface area contributed by atoms with E-state index in [0.717, 1.165) is 11.6 Å². The van der Waals surface area contributed by atoms with Gasteiger partial charge in [0.15, 0.2) is 0 Å². The van der Waals surface area contributed by atoms with Crippen molar-refractivity contribution in [2.24, 2.45) is 0 Å². The van der Waals surface area contributed by atoms with E-state index in [1.807, 2.05) is 32.3 Å². The quantitative estimate of drug-likeness (QED) is 0.891. The smallest absolute Gasteiger partial charge is 0.135 e. The largest absolute Gasteiger partial charge is 0.373 e. The lowest BCUT2D eigenvalue weighted by atomic mass is 10.1. The summed E-state index contributed by atoms with van der Waals surface area (Å²) in [4.78, 5) is 6.65. The van der Waals surface area contributed by atoms with E-state index < -0.39 is 0 Å². The molecule has 3 heteroatoms. The van der Waals surface area contributed by atoms with Crippen LogP contribution in [0.5, 0.6) is 0 Å². The summed E-state index contributed by atoms with van der Waals surface area (Å²) in [5.74, 6) is 1.82. The van der Waals surface area contributed by atoms with Crippen molar-refractivity contribution < 1.29 is 0 Å². The van der Waals surface area contributed by atoms with Crippen LogP contribution in [-0.2, 0) is 0 Å². The lowest BCUT2D eigenvalue weighted by Crippen LogP contribution is -2.13. The van der Waals surface area contributed by atoms with Crippen LogP contribution < -0.4 is 10.2 Å². The molecule has 3 nitrogen and oxygen atoms in total. The van der Waals surface area contributed by atoms with Gasteiger partial charge in [0, 0.05) is 19.8 Å². The molecule has 2 rings (SSSR count). The molecule has 1 aromatic heterocycles. The highest BCUT2D eigenvalue weighted by molar-refractivity contribution is 5.64. The third-order valence-electron chi connectivity index (χ3n) is 3.05. The number of hydrogen-bond donors (Lipinski definition) is 1. The fourth-order valence-electron chi connectivity index (χ4n) is 2.05. The van der Waals surface area contributed by atoms with Gasteiger partial charge in [-0.1, -0.05) is 23.8 Å². The molecular weight excluding hydrogens is 222 g/mol. The summed E-state index contributed by atoms with van der Waals surface area (Å²) >= 11 is 0. The molecule has 1 N–H and O–H groups in total. The molecule has 0 aliphatic heterocycles. The second-order valence-electron chi connectivity index (χ2n) is 4.48. The van der Waals surface area contributed by atoms with Gasteiger partial charge in [-0.05, 0) is 37.6 Å². The van der Waals surface area contributed by atoms with E-state index >= 15 is 0 Å². The summed E-state index contributed by atoms with van der Waals surface area (Å²) in [6, 6.07) is 12.4. The summed E-state index contributed by atoms with van der Waals surface area (Å²) in [6.45, 7) is 4.23. The van der Waals surface area contributed by atoms with Crippen LogP contribution in [0.15, 0.2) is 36.4 Å². The van der Waals surface area contributed by atoms with Crippen LogP contribution in [0.25, 0.3) is 0 Å². The van der Waals surface area contributed by atoms with Crippen molar-refractivity contribution in [3.8, 4) is 0 Å². The first-order valence-corrected chi connectivity index (χ1v) is 6.07. The summed E-state index contributed by atoms with van der Waals surface area (Å²) in [6.07, 6.45) is 0. The zero-order valence-corrected chi connectivity index (χ0v) is 11.4. The maximum absolute atomic E-state index is 4.55. The van der Waals surface area contributed by atoms with Crippen molar-refractivity contribution >= 4 is 17.3 Å². The molecule has 0 saturated carbocycles. The standard InChI is InChI=1S/C15H19N3/c1-11-8-9-13(12(2)10-11)18(4)15-7-5-6-14(16-3)17-15/h5-10H,1-4H3,(H,16,17). The van der Waals surface area contributed by atoms with Crippen LogP contribution in [0.3, 0.4) is 0 Å². The number of benzene rings is 1. The molecule has 0 amide bonds. The first-order valence-electron chi connectivity index (χ1n) is 6.07. The molecular formula is C15H19N3. The van der Waals surface area contributed by atoms with Gasteiger partial charge in [0.1, 0.15) is 11.6 Å². The molecule has 0 saturated heterocycles. The molecule has 0 aliphatic carbocycles. The van der Waals surface area contributed by atoms with E-state index in [4.69, 9.17) is 0 Å². The minimum absolute atomic E-state index is 0.879. The molecule has 18 heavy (non-hydrogen) atoms. The van der Waals surface area contributed by atoms with E-state index in [-0.39, 0.29) is 0 Å². The predicted octanol–water partition coefficient (Wildman–Crippen LogP) is 3.51. The molecule has 0 unspecified atom stereocenters. The highest BCUT2D eigenvalue weighted by Gasteiger charge is 2.08. The fraction of sp³-hybridized carbons (Fsp3) is 0.267. The summed E-state index contributed by atoms with van der Waals surface area (Å²) < 4.78 is 0. The van der Waals surface area contributed by atoms with E-state index in [0.29, 0.717) is 0 Å². The monoisotopic (exact) mass is 241 g/mol. The lowest BCUT2D eigenvalue weighted by Gasteiger charge is -2.21. The maximum atomic E-state index is 4.55. The van der Waals surface area contributed by atoms with Crippen LogP contribution in [0, 0.1) is 13.8 Å². The Balaban J connectivity index is 2.37. The van der Waals surface area contributed by atoms with Crippen molar-refractivity contribution in [3.63, 3.8) is 0 Å². The van der Waals surface area contributed by atoms with Crippen molar-refractivity contribution in [2.45, 2.75) is 13.8 Å². The lowest BCUT2D eigenvalue weighted by molar-refractivity contribution is 1.11. The third-order valence-corrected chi connectivity index (χ3v) is 3.05. The summed E-state index contributed by atoms with van der Waals surface area (Å²) in [7, 11) is 3.92. The molecule has 0 bridgehead atoms. The van der Waals surface area contributed by atoms with Crippen molar-refractivity contribution in [1.82, 2.24) is 4.98 Å². The minimum atomic E-state index is 0.879. The topological polar surface area (TPSA) is 28.2 Å². The van der Waals surface area contributed by atoms with E-state index in [1.54, 1.807) is 0 Å². The van der Waals surface area contributed by atoms with Gasteiger partial charge in [0.05, 0.1) is 0 Å². The Morgan fingerprint density at radius 1 is 1.11 bits per heavy atom. The first kappa shape index (κ1) is 12.4. The second-order valence-corrected chi connectivity index (χ2v) is 4.48. The Morgan fingerprint density at radius 3 is 2.56 bits per heavy atom. The summed E-state index contributed by atoms with van der Waals surface area (Å²) in [5, 5.41) is 3.06. The van der Waals surface area contributed by atoms with Gasteiger partial charge in [-0.25, -0.2) is 4.98 Å². The van der Waals surface area contributed by atoms with Gasteiger partial charge in [-0.3, -0.25) is 0 Å². The van der Waals surface area contributed by atoms with E-state index in [9.17, 15) is 0 Å². The van der Waals surface area contributed by atoms with Crippen LogP contribution in [0.2, 0.25) is 0 Å². The Morgan fingerprint density at radius 2 is 1.89 bits per heavy atom. The molecule has 1 heterocycles. The zero-order valence-electron chi connectivity index (χ0n) is 11.4. The van der Waals surface area contributed by atoms with Crippen LogP contribution in [0.1, 0.15) is 11.1 Å². The Labute approximate surface area is 108 Å². The average molecular weight is 241 g/mol. The third kappa shape index (κ3) is 2.45. The van der Waals surface area contributed by atoms with Gasteiger partial charge in [0.25, 0.3) is 0 Å². The minimum Gasteiger partial charge on any atom is -0.373 e. The number of anilines is 3. The van der Waals surface area contributed by atoms with Crippen LogP contribution in [-0.4, -0.2) is 19.1 Å². The molecule has 1 aromatic carbocycles. The van der Waals surface area contributed by atoms with Crippen LogP contribution in [0.4, 0.5) is 17.3 Å². The van der Waals surface area contributed by atoms with E-state index in [2.05, 4.69) is 47.2 Å². The molecule has 0 atom stereocenters. The number of rotatable bonds is 3. The number of hydrogen-bond acceptors (Lipinski definition) is 3. The Hall–Kier alpha value is -2.03. The molecule has 0 fully saturated rings. The first-order chi connectivity index (χ1) is 8.61. The van der Waals surface area contributed by atoms with Crippen molar-refractivity contribution in [3.05, 3.63) is 47.5 Å². The van der Waals surface area contributed by atoms with Crippen molar-refractivity contribution in [2.75, 3.05) is 24.3 Å². The highest BCUT2D eigenvalue weighted by atomic mass is 15.2. The van der Waals surface area contributed by atoms with E-state index in [1.165, 1.54) is 16.8 Å². The van der Waals surface area contributed by atoms with Gasteiger partial charge < -0.3 is 10.2 Å². The molecule has 94 valence electrons. The van der Waals surface area contributed by atoms with Gasteiger partial charge in [0.2, 0.25) is 0 Å². The maximum Gasteiger partial charge on any atom is 0.135 e. The number of nitrogens with one attached hydrogen (secondary N) is 1. The zero-order chi connectivity index (χ0) is 13.1. The highest BCUT2D eigenvalue weighted by Crippen LogP contribution is 2.26. The average Bonchev–Trinajstić information content (AvgIpc) is 2.38. The fourth-order valence-corrected chi connectivity index (χ4v) is 2.05. The number of pyridine rings is 1. The Kier molecular flexibility index (Phi) is 3.51. The van der Waals surface area contributed by atoms with Crippen LogP contribution >= 0.6 is 0 Å². The molecule has 0 spiro atoms. The number of aryl methyl sites for hydroxylation is 2.